The number of carbonyl (C=O) groups is 1. The van der Waals surface area contributed by atoms with Crippen LogP contribution in [0.3, 0.4) is 0 Å². The van der Waals surface area contributed by atoms with Gasteiger partial charge in [0, 0.05) is 5.56 Å². The van der Waals surface area contributed by atoms with Gasteiger partial charge in [-0.15, -0.1) is 0 Å². The van der Waals surface area contributed by atoms with Crippen LogP contribution in [0.5, 0.6) is 23.0 Å². The quantitative estimate of drug-likeness (QED) is 0.157. The summed E-state index contributed by atoms with van der Waals surface area (Å²) >= 11 is 6.38. The average Bonchev–Trinajstić information content (AvgIpc) is 2.90. The molecule has 39 heavy (non-hydrogen) atoms. The van der Waals surface area contributed by atoms with Gasteiger partial charge >= 0.3 is 10.1 Å². The minimum Gasteiger partial charge on any atom is -0.490 e. The third-order valence-corrected chi connectivity index (χ3v) is 6.70. The van der Waals surface area contributed by atoms with Gasteiger partial charge in [0.1, 0.15) is 4.90 Å². The Hall–Kier alpha value is -3.76. The van der Waals surface area contributed by atoms with E-state index >= 15 is 0 Å². The van der Waals surface area contributed by atoms with Gasteiger partial charge in [-0.2, -0.15) is 13.5 Å². The second-order valence-electron chi connectivity index (χ2n) is 8.26. The maximum absolute atomic E-state index is 12.8. The highest BCUT2D eigenvalue weighted by atomic mass is 35.5. The van der Waals surface area contributed by atoms with Gasteiger partial charge in [-0.3, -0.25) is 4.79 Å². The monoisotopic (exact) mass is 574 g/mol. The summed E-state index contributed by atoms with van der Waals surface area (Å²) in [6.07, 6.45) is 2.19. The van der Waals surface area contributed by atoms with E-state index in [4.69, 9.17) is 30.0 Å². The number of aryl methyl sites for hydroxylation is 1. The van der Waals surface area contributed by atoms with Crippen molar-refractivity contribution in [2.24, 2.45) is 5.10 Å². The van der Waals surface area contributed by atoms with Crippen molar-refractivity contribution in [1.29, 1.82) is 0 Å². The molecule has 3 rings (SSSR count). The highest BCUT2D eigenvalue weighted by Crippen LogP contribution is 2.38. The molecule has 0 aliphatic heterocycles. The Labute approximate surface area is 233 Å². The minimum absolute atomic E-state index is 0.00608. The molecule has 3 aromatic carbocycles. The number of hydrogen-bond donors (Lipinski definition) is 1. The van der Waals surface area contributed by atoms with Crippen molar-refractivity contribution >= 4 is 33.8 Å². The second-order valence-corrected chi connectivity index (χ2v) is 10.2. The van der Waals surface area contributed by atoms with E-state index in [1.54, 1.807) is 37.3 Å². The molecule has 0 aliphatic carbocycles. The Morgan fingerprint density at radius 3 is 2.28 bits per heavy atom. The highest BCUT2D eigenvalue weighted by Gasteiger charge is 2.22. The molecular weight excluding hydrogens is 544 g/mol. The van der Waals surface area contributed by atoms with Gasteiger partial charge in [0.05, 0.1) is 31.1 Å². The Balaban J connectivity index is 1.78. The zero-order valence-electron chi connectivity index (χ0n) is 22.2. The Morgan fingerprint density at radius 1 is 0.923 bits per heavy atom. The molecule has 0 radical (unpaired) electrons. The number of amides is 1. The largest absolute Gasteiger partial charge is 0.490 e. The van der Waals surface area contributed by atoms with Crippen LogP contribution < -0.4 is 23.8 Å². The van der Waals surface area contributed by atoms with E-state index in [9.17, 15) is 13.2 Å². The molecule has 1 amide bonds. The minimum atomic E-state index is -4.16. The van der Waals surface area contributed by atoms with E-state index < -0.39 is 16.0 Å². The van der Waals surface area contributed by atoms with E-state index in [1.165, 1.54) is 30.5 Å². The number of halogens is 1. The fraction of sp³-hybridized carbons (Fsp3) is 0.286. The SMILES string of the molecule is CCCOc1ccc(C(=O)N/N=C/c2cc(Cl)c(OS(=O)(=O)c3ccc(C)cc3)c(OCC)c2)cc1OCC. The first kappa shape index (κ1) is 29.8. The highest BCUT2D eigenvalue weighted by molar-refractivity contribution is 7.87. The van der Waals surface area contributed by atoms with E-state index in [0.717, 1.165) is 12.0 Å². The Bertz CT molecular complexity index is 1420. The van der Waals surface area contributed by atoms with E-state index in [0.29, 0.717) is 35.8 Å². The van der Waals surface area contributed by atoms with E-state index in [-0.39, 0.29) is 28.0 Å². The van der Waals surface area contributed by atoms with Gasteiger partial charge in [0.15, 0.2) is 17.2 Å². The molecule has 0 atom stereocenters. The van der Waals surface area contributed by atoms with Crippen LogP contribution in [-0.4, -0.2) is 40.4 Å². The maximum Gasteiger partial charge on any atom is 0.339 e. The molecule has 0 fully saturated rings. The van der Waals surface area contributed by atoms with E-state index in [1.807, 2.05) is 20.8 Å². The van der Waals surface area contributed by atoms with Crippen LogP contribution in [0.25, 0.3) is 0 Å². The summed E-state index contributed by atoms with van der Waals surface area (Å²) < 4.78 is 47.8. The number of nitrogens with one attached hydrogen (secondary N) is 1. The molecule has 9 nitrogen and oxygen atoms in total. The van der Waals surface area contributed by atoms with Crippen molar-refractivity contribution in [2.75, 3.05) is 19.8 Å². The molecule has 1 N–H and O–H groups in total. The maximum atomic E-state index is 12.8. The lowest BCUT2D eigenvalue weighted by Crippen LogP contribution is -2.18. The van der Waals surface area contributed by atoms with Crippen LogP contribution in [0.15, 0.2) is 64.6 Å². The summed E-state index contributed by atoms with van der Waals surface area (Å²) in [5, 5.41) is 3.99. The van der Waals surface area contributed by atoms with Gasteiger partial charge in [-0.1, -0.05) is 36.2 Å². The number of benzene rings is 3. The predicted molar refractivity (Wildman–Crippen MR) is 150 cm³/mol. The van der Waals surface area contributed by atoms with Crippen LogP contribution in [0.2, 0.25) is 5.02 Å². The smallest absolute Gasteiger partial charge is 0.339 e. The van der Waals surface area contributed by atoms with Crippen LogP contribution >= 0.6 is 11.6 Å². The molecule has 0 aromatic heterocycles. The molecule has 0 saturated carbocycles. The topological polar surface area (TPSA) is 113 Å². The van der Waals surface area contributed by atoms with Crippen molar-refractivity contribution in [3.05, 3.63) is 76.3 Å². The number of rotatable bonds is 13. The molecule has 0 unspecified atom stereocenters. The summed E-state index contributed by atoms with van der Waals surface area (Å²) in [5.41, 5.74) is 4.14. The zero-order chi connectivity index (χ0) is 28.4. The van der Waals surface area contributed by atoms with Crippen molar-refractivity contribution in [1.82, 2.24) is 5.43 Å². The van der Waals surface area contributed by atoms with Crippen molar-refractivity contribution in [3.63, 3.8) is 0 Å². The number of ether oxygens (including phenoxy) is 3. The molecule has 0 spiro atoms. The molecule has 11 heteroatoms. The van der Waals surface area contributed by atoms with Gasteiger partial charge in [0.2, 0.25) is 5.75 Å². The summed E-state index contributed by atoms with van der Waals surface area (Å²) in [5.74, 6) is 0.525. The first-order valence-corrected chi connectivity index (χ1v) is 14.2. The van der Waals surface area contributed by atoms with Gasteiger partial charge in [0.25, 0.3) is 5.91 Å². The first-order valence-electron chi connectivity index (χ1n) is 12.4. The van der Waals surface area contributed by atoms with Crippen LogP contribution in [0.1, 0.15) is 48.7 Å². The summed E-state index contributed by atoms with van der Waals surface area (Å²) in [7, 11) is -4.16. The fourth-order valence-electron chi connectivity index (χ4n) is 3.35. The average molecular weight is 575 g/mol. The molecule has 0 heterocycles. The van der Waals surface area contributed by atoms with Crippen LogP contribution in [0.4, 0.5) is 0 Å². The Kier molecular flexibility index (Phi) is 10.6. The molecule has 208 valence electrons. The van der Waals surface area contributed by atoms with Crippen molar-refractivity contribution in [3.8, 4) is 23.0 Å². The number of carbonyl (C=O) groups excluding carboxylic acids is 1. The lowest BCUT2D eigenvalue weighted by Gasteiger charge is -2.14. The van der Waals surface area contributed by atoms with Crippen LogP contribution in [0, 0.1) is 6.92 Å². The first-order chi connectivity index (χ1) is 18.7. The molecule has 0 aliphatic rings. The standard InChI is InChI=1S/C28H31ClN2O7S/c1-5-14-37-24-13-10-21(17-25(24)35-6-2)28(32)31-30-18-20-15-23(29)27(26(16-20)36-7-3)38-39(33,34)22-11-8-19(4)9-12-22/h8-13,15-18H,5-7,14H2,1-4H3,(H,31,32)/b30-18+. The summed E-state index contributed by atoms with van der Waals surface area (Å²) in [6, 6.07) is 14.1. The number of nitrogens with zero attached hydrogens (tertiary/aromatic N) is 1. The zero-order valence-corrected chi connectivity index (χ0v) is 23.8. The molecule has 0 bridgehead atoms. The lowest BCUT2D eigenvalue weighted by atomic mass is 10.2. The number of hydrazone groups is 1. The molecule has 0 saturated heterocycles. The van der Waals surface area contributed by atoms with Crippen molar-refractivity contribution < 1.29 is 31.6 Å². The summed E-state index contributed by atoms with van der Waals surface area (Å²) in [6.45, 7) is 8.61. The number of hydrogen-bond acceptors (Lipinski definition) is 8. The van der Waals surface area contributed by atoms with Crippen molar-refractivity contribution in [2.45, 2.75) is 39.0 Å². The van der Waals surface area contributed by atoms with Gasteiger partial charge in [-0.05, 0) is 75.2 Å². The fourth-order valence-corrected chi connectivity index (χ4v) is 4.61. The third kappa shape index (κ3) is 8.11. The normalized spacial score (nSPS) is 11.3. The van der Waals surface area contributed by atoms with Gasteiger partial charge in [-0.25, -0.2) is 5.43 Å². The second kappa shape index (κ2) is 13.9. The molecule has 3 aromatic rings. The molecular formula is C28H31ClN2O7S. The third-order valence-electron chi connectivity index (χ3n) is 5.18. The van der Waals surface area contributed by atoms with E-state index in [2.05, 4.69) is 10.5 Å². The predicted octanol–water partition coefficient (Wildman–Crippen LogP) is 5.77. The Morgan fingerprint density at radius 2 is 1.62 bits per heavy atom. The van der Waals surface area contributed by atoms with Crippen LogP contribution in [-0.2, 0) is 10.1 Å². The summed E-state index contributed by atoms with van der Waals surface area (Å²) in [4.78, 5) is 12.6. The van der Waals surface area contributed by atoms with Gasteiger partial charge < -0.3 is 18.4 Å². The lowest BCUT2D eigenvalue weighted by molar-refractivity contribution is 0.0954.